The highest BCUT2D eigenvalue weighted by atomic mass is 16.7. The zero-order valence-corrected chi connectivity index (χ0v) is 33.1. The molecule has 298 valence electrons. The Morgan fingerprint density at radius 2 is 1.59 bits per heavy atom. The molecule has 5 rings (SSSR count). The quantitative estimate of drug-likeness (QED) is 0.199. The standard InChI is InChI=1S/C39H54N2O13/c1-21(48-32(44)23(40-33(45)53-36(5,6)7)13-15-27(42)52-35(2,3)4)31(43)49-25-16-17-39(47)26-20-22-12-14-24(50-34(46)54-37(8,9)10)29-28(22)38(39,30(25)51-29)18-19-41(26)11/h12,14,16,21,23,26,30,47H,13,15,17-20H2,1-11H3,(H,40,45)/t21-,23-,26+,30-,38-,39+/m0/s1. The number of hydrogen-bond acceptors (Lipinski definition) is 14. The third-order valence-corrected chi connectivity index (χ3v) is 9.80. The van der Waals surface area contributed by atoms with Crippen LogP contribution in [-0.4, -0.2) is 100 Å². The maximum absolute atomic E-state index is 13.6. The number of piperidine rings is 1. The number of rotatable bonds is 9. The molecule has 2 bridgehead atoms. The van der Waals surface area contributed by atoms with Crippen LogP contribution in [0.3, 0.4) is 0 Å². The second-order valence-corrected chi connectivity index (χ2v) is 17.5. The van der Waals surface area contributed by atoms with Gasteiger partial charge in [0, 0.05) is 24.4 Å². The van der Waals surface area contributed by atoms with E-state index in [-0.39, 0.29) is 42.6 Å². The van der Waals surface area contributed by atoms with Crippen molar-refractivity contribution < 1.29 is 62.2 Å². The van der Waals surface area contributed by atoms with E-state index in [1.807, 2.05) is 13.1 Å². The van der Waals surface area contributed by atoms with Gasteiger partial charge in [0.05, 0.1) is 11.0 Å². The van der Waals surface area contributed by atoms with Crippen molar-refractivity contribution in [3.8, 4) is 11.5 Å². The predicted molar refractivity (Wildman–Crippen MR) is 192 cm³/mol. The number of aliphatic hydroxyl groups is 1. The Morgan fingerprint density at radius 3 is 2.22 bits per heavy atom. The number of carbonyl (C=O) groups is 5. The largest absolute Gasteiger partial charge is 0.514 e. The van der Waals surface area contributed by atoms with Gasteiger partial charge in [-0.3, -0.25) is 4.79 Å². The second kappa shape index (κ2) is 14.4. The first-order chi connectivity index (χ1) is 24.8. The lowest BCUT2D eigenvalue weighted by Crippen LogP contribution is -2.74. The molecule has 2 aliphatic heterocycles. The Balaban J connectivity index is 1.36. The summed E-state index contributed by atoms with van der Waals surface area (Å²) in [7, 11) is 1.96. The molecule has 0 aromatic heterocycles. The molecule has 1 amide bonds. The molecule has 4 aliphatic rings. The van der Waals surface area contributed by atoms with Crippen molar-refractivity contribution >= 4 is 30.2 Å². The number of ether oxygens (including phenoxy) is 7. The van der Waals surface area contributed by atoms with Crippen LogP contribution in [0.2, 0.25) is 0 Å². The summed E-state index contributed by atoms with van der Waals surface area (Å²) in [6, 6.07) is 1.84. The Hall–Kier alpha value is -4.37. The fraction of sp³-hybridized carbons (Fsp3) is 0.667. The lowest BCUT2D eigenvalue weighted by atomic mass is 9.50. The monoisotopic (exact) mass is 758 g/mol. The van der Waals surface area contributed by atoms with Crippen LogP contribution in [0.4, 0.5) is 9.59 Å². The first-order valence-electron chi connectivity index (χ1n) is 18.3. The van der Waals surface area contributed by atoms with Gasteiger partial charge >= 0.3 is 30.2 Å². The summed E-state index contributed by atoms with van der Waals surface area (Å²) in [5, 5.41) is 15.0. The predicted octanol–water partition coefficient (Wildman–Crippen LogP) is 4.77. The Morgan fingerprint density at radius 1 is 0.944 bits per heavy atom. The van der Waals surface area contributed by atoms with E-state index in [0.29, 0.717) is 24.9 Å². The highest BCUT2D eigenvalue weighted by Gasteiger charge is 2.72. The van der Waals surface area contributed by atoms with E-state index in [9.17, 15) is 29.1 Å². The fourth-order valence-corrected chi connectivity index (χ4v) is 7.73. The molecular formula is C39H54N2O13. The van der Waals surface area contributed by atoms with E-state index < -0.39 is 76.2 Å². The lowest BCUT2D eigenvalue weighted by Gasteiger charge is -2.61. The molecule has 15 nitrogen and oxygen atoms in total. The molecule has 1 fully saturated rings. The van der Waals surface area contributed by atoms with Crippen molar-refractivity contribution in [3.05, 3.63) is 35.1 Å². The van der Waals surface area contributed by atoms with Gasteiger partial charge in [-0.2, -0.15) is 0 Å². The molecule has 6 atom stereocenters. The normalized spacial score (nSPS) is 25.4. The second-order valence-electron chi connectivity index (χ2n) is 17.5. The molecule has 1 aromatic rings. The van der Waals surface area contributed by atoms with Gasteiger partial charge in [-0.1, -0.05) is 6.07 Å². The summed E-state index contributed by atoms with van der Waals surface area (Å²) in [6.07, 6.45) is -2.04. The third-order valence-electron chi connectivity index (χ3n) is 9.80. The van der Waals surface area contributed by atoms with Crippen LogP contribution in [0.5, 0.6) is 11.5 Å². The lowest BCUT2D eigenvalue weighted by molar-refractivity contribution is -0.176. The van der Waals surface area contributed by atoms with E-state index in [4.69, 9.17) is 33.2 Å². The van der Waals surface area contributed by atoms with Crippen molar-refractivity contribution in [2.24, 2.45) is 0 Å². The van der Waals surface area contributed by atoms with Crippen molar-refractivity contribution in [1.29, 1.82) is 0 Å². The van der Waals surface area contributed by atoms with E-state index in [2.05, 4.69) is 10.2 Å². The maximum atomic E-state index is 13.6. The highest BCUT2D eigenvalue weighted by molar-refractivity contribution is 5.85. The Kier molecular flexibility index (Phi) is 10.9. The minimum absolute atomic E-state index is 0.106. The van der Waals surface area contributed by atoms with Gasteiger partial charge in [-0.25, -0.2) is 19.2 Å². The molecule has 0 radical (unpaired) electrons. The first kappa shape index (κ1) is 40.8. The van der Waals surface area contributed by atoms with Crippen molar-refractivity contribution in [1.82, 2.24) is 10.2 Å². The van der Waals surface area contributed by atoms with Crippen molar-refractivity contribution in [2.75, 3.05) is 13.6 Å². The zero-order chi connectivity index (χ0) is 40.2. The minimum atomic E-state index is -1.47. The number of alkyl carbamates (subject to hydrolysis) is 1. The van der Waals surface area contributed by atoms with Gasteiger partial charge in [0.2, 0.25) is 0 Å². The van der Waals surface area contributed by atoms with Crippen molar-refractivity contribution in [2.45, 2.75) is 153 Å². The maximum Gasteiger partial charge on any atom is 0.514 e. The van der Waals surface area contributed by atoms with Crippen LogP contribution < -0.4 is 14.8 Å². The van der Waals surface area contributed by atoms with Crippen LogP contribution in [0.25, 0.3) is 0 Å². The van der Waals surface area contributed by atoms with Gasteiger partial charge in [-0.05, 0) is 120 Å². The molecule has 2 heterocycles. The average molecular weight is 759 g/mol. The van der Waals surface area contributed by atoms with Gasteiger partial charge in [0.25, 0.3) is 0 Å². The minimum Gasteiger partial charge on any atom is -0.477 e. The summed E-state index contributed by atoms with van der Waals surface area (Å²) in [5.74, 6) is -2.06. The van der Waals surface area contributed by atoms with E-state index >= 15 is 0 Å². The van der Waals surface area contributed by atoms with E-state index in [1.165, 1.54) is 6.92 Å². The molecule has 1 aromatic carbocycles. The summed E-state index contributed by atoms with van der Waals surface area (Å²) in [6.45, 7) is 17.1. The van der Waals surface area contributed by atoms with Gasteiger partial charge in [-0.15, -0.1) is 0 Å². The number of likely N-dealkylation sites (N-methyl/N-ethyl adjacent to an activating group) is 1. The summed E-state index contributed by atoms with van der Waals surface area (Å²) in [4.78, 5) is 67.0. The van der Waals surface area contributed by atoms with Gasteiger partial charge in [0.1, 0.15) is 28.6 Å². The molecule has 54 heavy (non-hydrogen) atoms. The number of nitrogens with one attached hydrogen (secondary N) is 1. The van der Waals surface area contributed by atoms with Crippen LogP contribution in [-0.2, 0) is 49.9 Å². The van der Waals surface area contributed by atoms with E-state index in [1.54, 1.807) is 74.5 Å². The number of amides is 1. The summed E-state index contributed by atoms with van der Waals surface area (Å²) >= 11 is 0. The topological polar surface area (TPSA) is 185 Å². The molecule has 0 saturated carbocycles. The number of likely N-dealkylation sites (tertiary alicyclic amines) is 1. The summed E-state index contributed by atoms with van der Waals surface area (Å²) < 4.78 is 39.6. The average Bonchev–Trinajstić information content (AvgIpc) is 3.36. The fourth-order valence-electron chi connectivity index (χ4n) is 7.73. The molecular weight excluding hydrogens is 704 g/mol. The number of benzene rings is 1. The van der Waals surface area contributed by atoms with Gasteiger partial charge < -0.3 is 48.5 Å². The molecule has 15 heteroatoms. The molecule has 0 unspecified atom stereocenters. The van der Waals surface area contributed by atoms with Gasteiger partial charge in [0.15, 0.2) is 23.7 Å². The Labute approximate surface area is 315 Å². The number of hydrogen-bond donors (Lipinski definition) is 2. The van der Waals surface area contributed by atoms with Crippen LogP contribution >= 0.6 is 0 Å². The number of esters is 3. The smallest absolute Gasteiger partial charge is 0.477 e. The number of carbonyl (C=O) groups excluding carboxylic acids is 5. The van der Waals surface area contributed by atoms with Crippen LogP contribution in [0.1, 0.15) is 106 Å². The number of nitrogens with zero attached hydrogens (tertiary/aromatic N) is 1. The highest BCUT2D eigenvalue weighted by Crippen LogP contribution is 2.65. The SMILES string of the molecule is C[C@H](OC(=O)[C@H](CCC(=O)OC(C)(C)C)NC(=O)OC(C)(C)C)C(=O)OC1=CC[C@@]2(O)[C@H]3Cc4ccc(OC(=O)OC(C)(C)C)c5c4[C@@]2(CCN3C)[C@H]1O5. The molecule has 1 saturated heterocycles. The molecule has 2 aliphatic carbocycles. The zero-order valence-electron chi connectivity index (χ0n) is 33.1. The summed E-state index contributed by atoms with van der Waals surface area (Å²) in [5.41, 5.74) is -3.23. The Bertz CT molecular complexity index is 1720. The molecule has 2 N–H and O–H groups in total. The van der Waals surface area contributed by atoms with Crippen molar-refractivity contribution in [3.63, 3.8) is 0 Å². The molecule has 1 spiro atoms. The van der Waals surface area contributed by atoms with Crippen LogP contribution in [0, 0.1) is 0 Å². The third kappa shape index (κ3) is 8.31. The van der Waals surface area contributed by atoms with E-state index in [0.717, 1.165) is 5.56 Å². The van der Waals surface area contributed by atoms with Crippen LogP contribution in [0.15, 0.2) is 24.0 Å². The first-order valence-corrected chi connectivity index (χ1v) is 18.3.